The molecule has 3 aliphatic rings. The third-order valence-corrected chi connectivity index (χ3v) is 6.81. The smallest absolute Gasteiger partial charge is 0.303 e. The molecule has 3 N–H and O–H groups in total. The van der Waals surface area contributed by atoms with E-state index >= 15 is 0 Å². The largest absolute Gasteiger partial charge is 0.481 e. The first-order valence-corrected chi connectivity index (χ1v) is 10.6. The lowest BCUT2D eigenvalue weighted by Gasteiger charge is -2.29. The van der Waals surface area contributed by atoms with Crippen LogP contribution in [-0.2, 0) is 31.3 Å². The van der Waals surface area contributed by atoms with E-state index in [-0.39, 0.29) is 31.2 Å². The summed E-state index contributed by atoms with van der Waals surface area (Å²) in [5.41, 5.74) is 1.58. The molecule has 8 nitrogen and oxygen atoms in total. The molecular weight excluding hydrogens is 410 g/mol. The van der Waals surface area contributed by atoms with Gasteiger partial charge in [0.25, 0.3) is 0 Å². The number of likely N-dealkylation sites (tertiary alicyclic amines) is 1. The summed E-state index contributed by atoms with van der Waals surface area (Å²) >= 11 is 0. The van der Waals surface area contributed by atoms with Gasteiger partial charge >= 0.3 is 5.97 Å². The summed E-state index contributed by atoms with van der Waals surface area (Å²) in [6.07, 6.45) is -0.0235. The van der Waals surface area contributed by atoms with E-state index in [0.717, 1.165) is 11.1 Å². The van der Waals surface area contributed by atoms with Crippen molar-refractivity contribution < 1.29 is 24.3 Å². The zero-order valence-corrected chi connectivity index (χ0v) is 17.5. The van der Waals surface area contributed by atoms with Crippen LogP contribution < -0.4 is 10.6 Å². The molecule has 3 aliphatic heterocycles. The molecule has 8 heteroatoms. The molecule has 5 rings (SSSR count). The fraction of sp³-hybridized carbons (Fsp3) is 0.333. The van der Waals surface area contributed by atoms with Crippen molar-refractivity contribution in [2.24, 2.45) is 11.8 Å². The van der Waals surface area contributed by atoms with Gasteiger partial charge in [0.15, 0.2) is 0 Å². The number of nitrogens with one attached hydrogen (secondary N) is 2. The first kappa shape index (κ1) is 20.4. The van der Waals surface area contributed by atoms with Gasteiger partial charge < -0.3 is 10.4 Å². The van der Waals surface area contributed by atoms with Gasteiger partial charge in [0, 0.05) is 23.7 Å². The number of benzene rings is 2. The van der Waals surface area contributed by atoms with E-state index < -0.39 is 35.3 Å². The molecule has 0 aromatic heterocycles. The molecule has 0 bridgehead atoms. The van der Waals surface area contributed by atoms with Crippen LogP contribution in [0.15, 0.2) is 48.5 Å². The van der Waals surface area contributed by atoms with Crippen molar-refractivity contribution in [2.75, 3.05) is 5.32 Å². The molecule has 1 spiro atoms. The summed E-state index contributed by atoms with van der Waals surface area (Å²) in [4.78, 5) is 52.9. The highest BCUT2D eigenvalue weighted by Crippen LogP contribution is 2.53. The van der Waals surface area contributed by atoms with E-state index in [1.165, 1.54) is 4.90 Å². The number of rotatable bonds is 5. The average Bonchev–Trinajstić information content (AvgIpc) is 3.34. The van der Waals surface area contributed by atoms with E-state index in [9.17, 15) is 24.3 Å². The fourth-order valence-corrected chi connectivity index (χ4v) is 5.42. The second-order valence-corrected chi connectivity index (χ2v) is 8.75. The predicted molar refractivity (Wildman–Crippen MR) is 114 cm³/mol. The zero-order valence-electron chi connectivity index (χ0n) is 17.5. The maximum absolute atomic E-state index is 13.7. The minimum Gasteiger partial charge on any atom is -0.481 e. The van der Waals surface area contributed by atoms with Crippen molar-refractivity contribution in [2.45, 2.75) is 37.9 Å². The number of aryl methyl sites for hydroxylation is 1. The molecule has 3 heterocycles. The van der Waals surface area contributed by atoms with Crippen molar-refractivity contribution in [1.82, 2.24) is 10.2 Å². The number of amides is 3. The quantitative estimate of drug-likeness (QED) is 0.619. The van der Waals surface area contributed by atoms with Gasteiger partial charge in [-0.3, -0.25) is 29.4 Å². The molecule has 0 aliphatic carbocycles. The summed E-state index contributed by atoms with van der Waals surface area (Å²) in [6, 6.07) is 14.1. The maximum atomic E-state index is 13.7. The van der Waals surface area contributed by atoms with Gasteiger partial charge in [-0.2, -0.15) is 0 Å². The Labute approximate surface area is 184 Å². The molecular formula is C24H23N3O5. The summed E-state index contributed by atoms with van der Waals surface area (Å²) in [5.74, 6) is -3.87. The normalized spacial score (nSPS) is 28.2. The minimum absolute atomic E-state index is 0.121. The Balaban J connectivity index is 1.59. The van der Waals surface area contributed by atoms with Crippen LogP contribution in [0.1, 0.15) is 29.5 Å². The van der Waals surface area contributed by atoms with Crippen LogP contribution in [0.25, 0.3) is 0 Å². The highest BCUT2D eigenvalue weighted by molar-refractivity contribution is 6.15. The number of aliphatic carboxylic acids is 1. The Bertz CT molecular complexity index is 1150. The van der Waals surface area contributed by atoms with Crippen molar-refractivity contribution >= 4 is 29.4 Å². The van der Waals surface area contributed by atoms with Crippen molar-refractivity contribution in [1.29, 1.82) is 0 Å². The first-order chi connectivity index (χ1) is 15.3. The van der Waals surface area contributed by atoms with Crippen LogP contribution in [0.3, 0.4) is 0 Å². The van der Waals surface area contributed by atoms with Crippen LogP contribution >= 0.6 is 0 Å². The molecule has 2 fully saturated rings. The number of carbonyl (C=O) groups excluding carboxylic acids is 3. The van der Waals surface area contributed by atoms with Gasteiger partial charge in [0.05, 0.1) is 18.4 Å². The van der Waals surface area contributed by atoms with E-state index in [2.05, 4.69) is 10.6 Å². The highest BCUT2D eigenvalue weighted by Gasteiger charge is 2.70. The third-order valence-electron chi connectivity index (χ3n) is 6.81. The topological polar surface area (TPSA) is 116 Å². The molecule has 2 aromatic carbocycles. The third kappa shape index (κ3) is 2.86. The van der Waals surface area contributed by atoms with Crippen molar-refractivity contribution in [3.05, 3.63) is 65.2 Å². The summed E-state index contributed by atoms with van der Waals surface area (Å²) in [5, 5.41) is 15.3. The van der Waals surface area contributed by atoms with E-state index in [4.69, 9.17) is 0 Å². The second-order valence-electron chi connectivity index (χ2n) is 8.75. The van der Waals surface area contributed by atoms with Gasteiger partial charge in [-0.05, 0) is 25.0 Å². The van der Waals surface area contributed by atoms with Crippen molar-refractivity contribution in [3.8, 4) is 0 Å². The van der Waals surface area contributed by atoms with E-state index in [1.54, 1.807) is 6.07 Å². The fourth-order valence-electron chi connectivity index (χ4n) is 5.42. The standard InChI is InChI=1S/C24H23N3O5/c1-13-7-8-16-15(11-13)24(23(32)25-16)20-19(17(26-24)9-10-18(28)29)21(30)27(22(20)31)12-14-5-3-2-4-6-14/h2-8,11,17,19-20,26H,9-10,12H2,1H3,(H,25,32)(H,28,29)/t17?,19-,20+,24?/m1/s1. The molecule has 4 atom stereocenters. The van der Waals surface area contributed by atoms with E-state index in [1.807, 2.05) is 49.4 Å². The number of carboxylic acid groups (broad SMARTS) is 1. The summed E-state index contributed by atoms with van der Waals surface area (Å²) in [7, 11) is 0. The van der Waals surface area contributed by atoms with Gasteiger partial charge in [-0.1, -0.05) is 48.0 Å². The Morgan fingerprint density at radius 1 is 1.09 bits per heavy atom. The number of imide groups is 1. The second kappa shape index (κ2) is 7.27. The van der Waals surface area contributed by atoms with Gasteiger partial charge in [0.1, 0.15) is 5.54 Å². The molecule has 2 aromatic rings. The predicted octanol–water partition coefficient (Wildman–Crippen LogP) is 1.78. The number of nitrogens with zero attached hydrogens (tertiary/aromatic N) is 1. The lowest BCUT2D eigenvalue weighted by molar-refractivity contribution is -0.144. The number of carbonyl (C=O) groups is 4. The zero-order chi connectivity index (χ0) is 22.6. The Hall–Kier alpha value is -3.52. The van der Waals surface area contributed by atoms with Crippen LogP contribution in [0.4, 0.5) is 5.69 Å². The number of anilines is 1. The Kier molecular flexibility index (Phi) is 4.63. The van der Waals surface area contributed by atoms with Crippen LogP contribution in [-0.4, -0.2) is 39.7 Å². The number of hydrogen-bond donors (Lipinski definition) is 3. The minimum atomic E-state index is -1.40. The molecule has 2 saturated heterocycles. The first-order valence-electron chi connectivity index (χ1n) is 10.6. The lowest BCUT2D eigenvalue weighted by Crippen LogP contribution is -2.53. The molecule has 3 amide bonds. The Morgan fingerprint density at radius 3 is 2.56 bits per heavy atom. The monoisotopic (exact) mass is 433 g/mol. The lowest BCUT2D eigenvalue weighted by atomic mass is 9.76. The van der Waals surface area contributed by atoms with Crippen LogP contribution in [0.5, 0.6) is 0 Å². The molecule has 164 valence electrons. The van der Waals surface area contributed by atoms with Gasteiger partial charge in [-0.25, -0.2) is 0 Å². The van der Waals surface area contributed by atoms with Gasteiger partial charge in [0.2, 0.25) is 17.7 Å². The molecule has 0 radical (unpaired) electrons. The SMILES string of the molecule is Cc1ccc2c(c1)C1(NC(CCC(=O)O)[C@H]3C(=O)N(Cc4ccccc4)C(=O)[C@H]31)C(=O)N2. The molecule has 0 saturated carbocycles. The van der Waals surface area contributed by atoms with Crippen LogP contribution in [0.2, 0.25) is 0 Å². The van der Waals surface area contributed by atoms with Crippen LogP contribution in [0, 0.1) is 18.8 Å². The number of fused-ring (bicyclic) bond motifs is 4. The molecule has 2 unspecified atom stereocenters. The van der Waals surface area contributed by atoms with Crippen molar-refractivity contribution in [3.63, 3.8) is 0 Å². The average molecular weight is 433 g/mol. The number of carboxylic acids is 1. The summed E-state index contributed by atoms with van der Waals surface area (Å²) in [6.45, 7) is 2.02. The molecule has 32 heavy (non-hydrogen) atoms. The summed E-state index contributed by atoms with van der Waals surface area (Å²) < 4.78 is 0. The highest BCUT2D eigenvalue weighted by atomic mass is 16.4. The number of hydrogen-bond acceptors (Lipinski definition) is 5. The maximum Gasteiger partial charge on any atom is 0.303 e. The Morgan fingerprint density at radius 2 is 1.84 bits per heavy atom. The van der Waals surface area contributed by atoms with E-state index in [0.29, 0.717) is 11.3 Å². The van der Waals surface area contributed by atoms with Gasteiger partial charge in [-0.15, -0.1) is 0 Å².